The Morgan fingerprint density at radius 1 is 0.459 bits per heavy atom. The Morgan fingerprint density at radius 2 is 0.885 bits per heavy atom. The number of ether oxygens (including phenoxy) is 6. The van der Waals surface area contributed by atoms with E-state index in [-0.39, 0.29) is 68.0 Å². The third-order valence-corrected chi connectivity index (χ3v) is 9.38. The monoisotopic (exact) mass is 828 g/mol. The maximum atomic E-state index is 14.5. The number of esters is 1. The first-order valence-electron chi connectivity index (χ1n) is 18.8. The van der Waals surface area contributed by atoms with Gasteiger partial charge in [0.2, 0.25) is 0 Å². The Kier molecular flexibility index (Phi) is 12.6. The molecule has 0 radical (unpaired) electrons. The van der Waals surface area contributed by atoms with Gasteiger partial charge in [-0.2, -0.15) is 0 Å². The van der Waals surface area contributed by atoms with Gasteiger partial charge in [0.25, 0.3) is 17.7 Å². The van der Waals surface area contributed by atoms with E-state index in [0.717, 1.165) is 0 Å². The quantitative estimate of drug-likeness (QED) is 0.0862. The van der Waals surface area contributed by atoms with Crippen LogP contribution in [0.4, 0.5) is 27.5 Å². The molecule has 0 unspecified atom stereocenters. The Labute approximate surface area is 351 Å². The number of benzene rings is 6. The summed E-state index contributed by atoms with van der Waals surface area (Å²) in [5, 5.41) is 13.5. The lowest BCUT2D eigenvalue weighted by Gasteiger charge is -2.22. The number of carbonyl (C=O) groups excluding carboxylic acids is 5. The highest BCUT2D eigenvalue weighted by Crippen LogP contribution is 2.41. The molecular formula is C46H44N4O11. The van der Waals surface area contributed by atoms with Crippen molar-refractivity contribution >= 4 is 74.1 Å². The van der Waals surface area contributed by atoms with Crippen LogP contribution in [0.25, 0.3) is 21.5 Å². The van der Waals surface area contributed by atoms with Crippen molar-refractivity contribution < 1.29 is 52.4 Å². The molecule has 0 bridgehead atoms. The van der Waals surface area contributed by atoms with E-state index in [1.54, 1.807) is 106 Å². The molecule has 314 valence electrons. The van der Waals surface area contributed by atoms with Crippen molar-refractivity contribution in [3.05, 3.63) is 119 Å². The fraction of sp³-hybridized carbons (Fsp3) is 0.196. The molecule has 0 spiro atoms. The number of para-hydroxylation sites is 2. The second-order valence-corrected chi connectivity index (χ2v) is 14.4. The van der Waals surface area contributed by atoms with Gasteiger partial charge in [0, 0.05) is 10.8 Å². The summed E-state index contributed by atoms with van der Waals surface area (Å²) in [5.74, 6) is -2.40. The summed E-state index contributed by atoms with van der Waals surface area (Å²) < 4.78 is 33.1. The molecule has 0 atom stereocenters. The zero-order valence-corrected chi connectivity index (χ0v) is 34.7. The minimum atomic E-state index is -0.806. The standard InChI is InChI=1S/C46H44N4O11/c1-46(2,3)61-45(55)50-38-28-18-12-10-16-26(28)24-32(40(38)59-7)42(52)47-35-29(19-13-21-33(35)56-4)41(51)49-37-27-17-11-9-15-25(27)23-31(39(37)58-6)43(53)48-36-30(44(54)60-8)20-14-22-34(36)57-5/h9-24H,1-8H3,(H,47,52)(H,48,53)(H,49,51)(H,50,55). The van der Waals surface area contributed by atoms with Crippen LogP contribution in [0.2, 0.25) is 0 Å². The third-order valence-electron chi connectivity index (χ3n) is 9.38. The molecule has 4 N–H and O–H groups in total. The molecule has 4 amide bonds. The van der Waals surface area contributed by atoms with Gasteiger partial charge in [0.05, 0.1) is 80.6 Å². The van der Waals surface area contributed by atoms with E-state index in [2.05, 4.69) is 21.3 Å². The first-order valence-corrected chi connectivity index (χ1v) is 18.8. The number of methoxy groups -OCH3 is 5. The van der Waals surface area contributed by atoms with Gasteiger partial charge < -0.3 is 44.4 Å². The topological polar surface area (TPSA) is 189 Å². The molecule has 0 fully saturated rings. The second kappa shape index (κ2) is 18.0. The summed E-state index contributed by atoms with van der Waals surface area (Å²) in [5.41, 5.74) is -0.323. The van der Waals surface area contributed by atoms with Crippen LogP contribution in [0.1, 0.15) is 62.2 Å². The van der Waals surface area contributed by atoms with E-state index < -0.39 is 35.4 Å². The Morgan fingerprint density at radius 3 is 1.34 bits per heavy atom. The number of hydrogen-bond donors (Lipinski definition) is 4. The van der Waals surface area contributed by atoms with E-state index in [9.17, 15) is 24.0 Å². The lowest BCUT2D eigenvalue weighted by Crippen LogP contribution is -2.27. The molecule has 0 aromatic heterocycles. The summed E-state index contributed by atoms with van der Waals surface area (Å²) in [6.07, 6.45) is -0.757. The zero-order valence-electron chi connectivity index (χ0n) is 34.7. The first-order chi connectivity index (χ1) is 29.2. The highest BCUT2D eigenvalue weighted by molar-refractivity contribution is 6.20. The largest absolute Gasteiger partial charge is 0.495 e. The summed E-state index contributed by atoms with van der Waals surface area (Å²) in [7, 11) is 6.71. The van der Waals surface area contributed by atoms with Crippen molar-refractivity contribution in [1.82, 2.24) is 0 Å². The maximum absolute atomic E-state index is 14.5. The summed E-state index contributed by atoms with van der Waals surface area (Å²) >= 11 is 0. The molecule has 0 saturated heterocycles. The highest BCUT2D eigenvalue weighted by Gasteiger charge is 2.28. The smallest absolute Gasteiger partial charge is 0.412 e. The van der Waals surface area contributed by atoms with Crippen LogP contribution in [-0.2, 0) is 9.47 Å². The van der Waals surface area contributed by atoms with Crippen LogP contribution in [-0.4, -0.2) is 70.9 Å². The van der Waals surface area contributed by atoms with Gasteiger partial charge in [-0.25, -0.2) is 9.59 Å². The Balaban J connectivity index is 1.41. The molecule has 6 aromatic rings. The molecule has 0 saturated carbocycles. The van der Waals surface area contributed by atoms with Crippen LogP contribution in [0, 0.1) is 0 Å². The average Bonchev–Trinajstić information content (AvgIpc) is 3.25. The fourth-order valence-corrected chi connectivity index (χ4v) is 6.74. The molecule has 0 aliphatic rings. The van der Waals surface area contributed by atoms with Crippen LogP contribution >= 0.6 is 0 Å². The number of anilines is 4. The van der Waals surface area contributed by atoms with Crippen molar-refractivity contribution in [3.63, 3.8) is 0 Å². The summed E-state index contributed by atoms with van der Waals surface area (Å²) in [4.78, 5) is 68.7. The minimum absolute atomic E-state index is 0.00142. The van der Waals surface area contributed by atoms with Crippen molar-refractivity contribution in [2.75, 3.05) is 56.8 Å². The van der Waals surface area contributed by atoms with Crippen molar-refractivity contribution in [3.8, 4) is 23.0 Å². The SMILES string of the molecule is COC(=O)c1cccc(OC)c1NC(=O)c1cc2ccccc2c(NC(=O)c2cccc(OC)c2NC(=O)c2cc3ccccc3c(NC(=O)OC(C)(C)C)c2OC)c1OC. The molecule has 6 rings (SSSR count). The van der Waals surface area contributed by atoms with E-state index >= 15 is 0 Å². The van der Waals surface area contributed by atoms with Gasteiger partial charge >= 0.3 is 12.1 Å². The van der Waals surface area contributed by atoms with Gasteiger partial charge in [0.15, 0.2) is 11.5 Å². The minimum Gasteiger partial charge on any atom is -0.495 e. The predicted molar refractivity (Wildman–Crippen MR) is 232 cm³/mol. The van der Waals surface area contributed by atoms with Gasteiger partial charge in [-0.1, -0.05) is 60.7 Å². The van der Waals surface area contributed by atoms with Gasteiger partial charge in [0.1, 0.15) is 17.1 Å². The van der Waals surface area contributed by atoms with Gasteiger partial charge in [-0.3, -0.25) is 19.7 Å². The van der Waals surface area contributed by atoms with Crippen molar-refractivity contribution in [2.45, 2.75) is 26.4 Å². The lowest BCUT2D eigenvalue weighted by molar-refractivity contribution is 0.0598. The molecule has 0 aliphatic heterocycles. The molecule has 0 heterocycles. The summed E-state index contributed by atoms with van der Waals surface area (Å²) in [6.45, 7) is 5.18. The molecule has 6 aromatic carbocycles. The van der Waals surface area contributed by atoms with Gasteiger partial charge in [-0.05, 0) is 67.9 Å². The molecule has 61 heavy (non-hydrogen) atoms. The van der Waals surface area contributed by atoms with Crippen LogP contribution in [0.15, 0.2) is 97.1 Å². The van der Waals surface area contributed by atoms with E-state index in [0.29, 0.717) is 21.5 Å². The van der Waals surface area contributed by atoms with Crippen LogP contribution in [0.3, 0.4) is 0 Å². The lowest BCUT2D eigenvalue weighted by atomic mass is 10.0. The zero-order chi connectivity index (χ0) is 44.0. The Hall–Kier alpha value is -7.81. The maximum Gasteiger partial charge on any atom is 0.412 e. The van der Waals surface area contributed by atoms with Crippen LogP contribution in [0.5, 0.6) is 23.0 Å². The average molecular weight is 829 g/mol. The van der Waals surface area contributed by atoms with Crippen molar-refractivity contribution in [2.24, 2.45) is 0 Å². The van der Waals surface area contributed by atoms with E-state index in [1.807, 2.05) is 0 Å². The number of hydrogen-bond acceptors (Lipinski definition) is 11. The van der Waals surface area contributed by atoms with Crippen molar-refractivity contribution in [1.29, 1.82) is 0 Å². The summed E-state index contributed by atoms with van der Waals surface area (Å²) in [6, 6.07) is 26.6. The first kappa shape index (κ1) is 42.8. The molecular weight excluding hydrogens is 785 g/mol. The third kappa shape index (κ3) is 8.95. The molecule has 0 aliphatic carbocycles. The highest BCUT2D eigenvalue weighted by atomic mass is 16.6. The number of rotatable bonds is 12. The number of amides is 4. The molecule has 15 heteroatoms. The number of nitrogens with one attached hydrogen (secondary N) is 4. The number of carbonyl (C=O) groups is 5. The van der Waals surface area contributed by atoms with E-state index in [4.69, 9.17) is 28.4 Å². The van der Waals surface area contributed by atoms with Crippen LogP contribution < -0.4 is 40.2 Å². The van der Waals surface area contributed by atoms with E-state index in [1.165, 1.54) is 47.7 Å². The Bertz CT molecular complexity index is 2710. The molecule has 15 nitrogen and oxygen atoms in total. The second-order valence-electron chi connectivity index (χ2n) is 14.4. The predicted octanol–water partition coefficient (Wildman–Crippen LogP) is 8.92. The normalized spacial score (nSPS) is 11.0. The van der Waals surface area contributed by atoms with Gasteiger partial charge in [-0.15, -0.1) is 0 Å². The fourth-order valence-electron chi connectivity index (χ4n) is 6.74. The number of fused-ring (bicyclic) bond motifs is 2.